The average molecular weight is 385 g/mol. The molecular weight excluding hydrogens is 362 g/mol. The van der Waals surface area contributed by atoms with E-state index in [4.69, 9.17) is 14.2 Å². The molecule has 8 heteroatoms. The first kappa shape index (κ1) is 19.5. The van der Waals surface area contributed by atoms with Gasteiger partial charge in [-0.2, -0.15) is 5.10 Å². The molecule has 3 rings (SSSR count). The molecule has 0 bridgehead atoms. The van der Waals surface area contributed by atoms with Gasteiger partial charge in [0.25, 0.3) is 5.91 Å². The van der Waals surface area contributed by atoms with Gasteiger partial charge in [0, 0.05) is 24.4 Å². The first-order valence-corrected chi connectivity index (χ1v) is 8.94. The van der Waals surface area contributed by atoms with Gasteiger partial charge in [0.05, 0.1) is 12.2 Å². The van der Waals surface area contributed by atoms with Crippen molar-refractivity contribution in [1.82, 2.24) is 15.1 Å². The number of ether oxygens (including phenoxy) is 3. The molecule has 0 aliphatic carbocycles. The third-order valence-electron chi connectivity index (χ3n) is 4.39. The first-order chi connectivity index (χ1) is 13.4. The molecule has 0 saturated carbocycles. The number of hydrogen-bond donors (Lipinski definition) is 1. The van der Waals surface area contributed by atoms with Gasteiger partial charge in [-0.05, 0) is 32.1 Å². The Morgan fingerprint density at radius 3 is 2.79 bits per heavy atom. The molecule has 0 saturated heterocycles. The molecule has 0 fully saturated rings. The highest BCUT2D eigenvalue weighted by atomic mass is 16.6. The van der Waals surface area contributed by atoms with E-state index in [9.17, 15) is 9.59 Å². The monoisotopic (exact) mass is 385 g/mol. The zero-order valence-electron chi connectivity index (χ0n) is 16.1. The van der Waals surface area contributed by atoms with E-state index in [-0.39, 0.29) is 19.3 Å². The van der Waals surface area contributed by atoms with Gasteiger partial charge in [-0.15, -0.1) is 0 Å². The molecule has 1 amide bonds. The Morgan fingerprint density at radius 2 is 2.07 bits per heavy atom. The number of aromatic nitrogens is 2. The number of rotatable bonds is 6. The molecule has 1 aliphatic rings. The van der Waals surface area contributed by atoms with Gasteiger partial charge < -0.3 is 19.5 Å². The second-order valence-electron chi connectivity index (χ2n) is 6.45. The summed E-state index contributed by atoms with van der Waals surface area (Å²) in [6.45, 7) is 4.01. The van der Waals surface area contributed by atoms with Gasteiger partial charge in [0.1, 0.15) is 12.7 Å². The number of amides is 1. The van der Waals surface area contributed by atoms with Crippen LogP contribution < -0.4 is 14.8 Å². The van der Waals surface area contributed by atoms with E-state index in [1.165, 1.54) is 6.08 Å². The number of para-hydroxylation sites is 2. The molecule has 28 heavy (non-hydrogen) atoms. The first-order valence-electron chi connectivity index (χ1n) is 8.94. The number of fused-ring (bicyclic) bond motifs is 1. The van der Waals surface area contributed by atoms with Crippen molar-refractivity contribution in [2.24, 2.45) is 7.05 Å². The summed E-state index contributed by atoms with van der Waals surface area (Å²) in [4.78, 5) is 23.7. The van der Waals surface area contributed by atoms with E-state index >= 15 is 0 Å². The SMILES string of the molecule is Cc1nn(C)c(C)c1/C=C/C(=O)OCC(=O)NC[C@@H]1COc2ccccc2O1. The second-order valence-corrected chi connectivity index (χ2v) is 6.45. The number of esters is 1. The fourth-order valence-electron chi connectivity index (χ4n) is 2.81. The number of benzene rings is 1. The maximum atomic E-state index is 11.9. The fraction of sp³-hybridized carbons (Fsp3) is 0.350. The minimum Gasteiger partial charge on any atom is -0.486 e. The lowest BCUT2D eigenvalue weighted by Gasteiger charge is -2.26. The van der Waals surface area contributed by atoms with Gasteiger partial charge in [0.2, 0.25) is 0 Å². The van der Waals surface area contributed by atoms with Gasteiger partial charge >= 0.3 is 5.97 Å². The maximum absolute atomic E-state index is 11.9. The van der Waals surface area contributed by atoms with Crippen LogP contribution in [0.3, 0.4) is 0 Å². The highest BCUT2D eigenvalue weighted by molar-refractivity contribution is 5.89. The van der Waals surface area contributed by atoms with Gasteiger partial charge in [-0.25, -0.2) is 4.79 Å². The number of carbonyl (C=O) groups is 2. The predicted molar refractivity (Wildman–Crippen MR) is 102 cm³/mol. The molecule has 2 aromatic rings. The summed E-state index contributed by atoms with van der Waals surface area (Å²) < 4.78 is 18.0. The molecule has 1 aliphatic heterocycles. The highest BCUT2D eigenvalue weighted by Gasteiger charge is 2.21. The van der Waals surface area contributed by atoms with E-state index in [0.29, 0.717) is 18.1 Å². The summed E-state index contributed by atoms with van der Waals surface area (Å²) >= 11 is 0. The molecule has 148 valence electrons. The van der Waals surface area contributed by atoms with Crippen molar-refractivity contribution in [3.05, 3.63) is 47.3 Å². The molecule has 0 spiro atoms. The van der Waals surface area contributed by atoms with Crippen LogP contribution in [0.5, 0.6) is 11.5 Å². The van der Waals surface area contributed by atoms with Crippen LogP contribution in [0.2, 0.25) is 0 Å². The van der Waals surface area contributed by atoms with Crippen LogP contribution in [0.15, 0.2) is 30.3 Å². The quantitative estimate of drug-likeness (QED) is 0.599. The Morgan fingerprint density at radius 1 is 1.32 bits per heavy atom. The van der Waals surface area contributed by atoms with Crippen LogP contribution in [-0.4, -0.2) is 47.5 Å². The minimum absolute atomic E-state index is 0.259. The van der Waals surface area contributed by atoms with Crippen LogP contribution in [0.1, 0.15) is 17.0 Å². The van der Waals surface area contributed by atoms with Crippen LogP contribution in [0.4, 0.5) is 0 Å². The normalized spacial score (nSPS) is 15.5. The molecule has 8 nitrogen and oxygen atoms in total. The third kappa shape index (κ3) is 4.70. The Balaban J connectivity index is 1.41. The van der Waals surface area contributed by atoms with Gasteiger partial charge in [0.15, 0.2) is 18.1 Å². The Kier molecular flexibility index (Phi) is 5.98. The fourth-order valence-corrected chi connectivity index (χ4v) is 2.81. The molecule has 1 aromatic heterocycles. The van der Waals surface area contributed by atoms with Crippen LogP contribution in [-0.2, 0) is 21.4 Å². The number of nitrogens with zero attached hydrogens (tertiary/aromatic N) is 2. The van der Waals surface area contributed by atoms with Crippen molar-refractivity contribution in [2.75, 3.05) is 19.8 Å². The Bertz CT molecular complexity index is 903. The summed E-state index contributed by atoms with van der Waals surface area (Å²) in [7, 11) is 1.84. The predicted octanol–water partition coefficient (Wildman–Crippen LogP) is 1.55. The zero-order valence-corrected chi connectivity index (χ0v) is 16.1. The van der Waals surface area contributed by atoms with Gasteiger partial charge in [-0.1, -0.05) is 12.1 Å². The van der Waals surface area contributed by atoms with E-state index in [2.05, 4.69) is 10.4 Å². The largest absolute Gasteiger partial charge is 0.486 e. The molecule has 0 unspecified atom stereocenters. The van der Waals surface area contributed by atoms with Crippen LogP contribution >= 0.6 is 0 Å². The molecule has 1 atom stereocenters. The van der Waals surface area contributed by atoms with Crippen molar-refractivity contribution in [1.29, 1.82) is 0 Å². The second kappa shape index (κ2) is 8.60. The Labute approximate surface area is 163 Å². The summed E-state index contributed by atoms with van der Waals surface area (Å²) in [6.07, 6.45) is 2.63. The number of hydrogen-bond acceptors (Lipinski definition) is 6. The Hall–Kier alpha value is -3.29. The third-order valence-corrected chi connectivity index (χ3v) is 4.39. The molecular formula is C20H23N3O5. The molecule has 1 N–H and O–H groups in total. The standard InChI is InChI=1S/C20H23N3O5/c1-13-16(14(2)23(3)22-13)8-9-20(25)27-12-19(24)21-10-15-11-26-17-6-4-5-7-18(17)28-15/h4-9,15H,10-12H2,1-3H3,(H,21,24)/b9-8+/t15-/m1/s1. The topological polar surface area (TPSA) is 91.7 Å². The lowest BCUT2D eigenvalue weighted by molar-refractivity contribution is -0.143. The smallest absolute Gasteiger partial charge is 0.331 e. The van der Waals surface area contributed by atoms with Crippen LogP contribution in [0.25, 0.3) is 6.08 Å². The van der Waals surface area contributed by atoms with E-state index in [1.54, 1.807) is 10.8 Å². The summed E-state index contributed by atoms with van der Waals surface area (Å²) in [5.41, 5.74) is 2.62. The van der Waals surface area contributed by atoms with E-state index in [1.807, 2.05) is 45.2 Å². The molecule has 2 heterocycles. The summed E-state index contributed by atoms with van der Waals surface area (Å²) in [5.74, 6) is 0.331. The number of aryl methyl sites for hydroxylation is 2. The number of nitrogens with one attached hydrogen (secondary N) is 1. The number of carbonyl (C=O) groups excluding carboxylic acids is 2. The van der Waals surface area contributed by atoms with Crippen molar-refractivity contribution in [3.8, 4) is 11.5 Å². The van der Waals surface area contributed by atoms with Crippen LogP contribution in [0, 0.1) is 13.8 Å². The lowest BCUT2D eigenvalue weighted by Crippen LogP contribution is -2.42. The zero-order chi connectivity index (χ0) is 20.1. The van der Waals surface area contributed by atoms with Crippen molar-refractivity contribution < 1.29 is 23.8 Å². The van der Waals surface area contributed by atoms with E-state index < -0.39 is 11.9 Å². The molecule has 0 radical (unpaired) electrons. The van der Waals surface area contributed by atoms with Crippen molar-refractivity contribution in [3.63, 3.8) is 0 Å². The lowest BCUT2D eigenvalue weighted by atomic mass is 10.2. The van der Waals surface area contributed by atoms with Gasteiger partial charge in [-0.3, -0.25) is 9.48 Å². The highest BCUT2D eigenvalue weighted by Crippen LogP contribution is 2.30. The minimum atomic E-state index is -0.594. The van der Waals surface area contributed by atoms with Crippen molar-refractivity contribution in [2.45, 2.75) is 20.0 Å². The summed E-state index contributed by atoms with van der Waals surface area (Å²) in [5, 5.41) is 6.95. The maximum Gasteiger partial charge on any atom is 0.331 e. The van der Waals surface area contributed by atoms with Crippen molar-refractivity contribution >= 4 is 18.0 Å². The average Bonchev–Trinajstić information content (AvgIpc) is 2.94. The van der Waals surface area contributed by atoms with E-state index in [0.717, 1.165) is 17.0 Å². The molecule has 1 aromatic carbocycles. The summed E-state index contributed by atoms with van der Waals surface area (Å²) in [6, 6.07) is 7.35.